The van der Waals surface area contributed by atoms with Crippen LogP contribution in [-0.4, -0.2) is 12.8 Å². The fourth-order valence-electron chi connectivity index (χ4n) is 2.77. The van der Waals surface area contributed by atoms with Crippen molar-refractivity contribution in [2.45, 2.75) is 6.42 Å². The van der Waals surface area contributed by atoms with Crippen molar-refractivity contribution in [2.75, 3.05) is 11.4 Å². The van der Waals surface area contributed by atoms with E-state index in [1.807, 2.05) is 12.3 Å². The minimum absolute atomic E-state index is 0. The Kier molecular flexibility index (Phi) is 2.60. The van der Waals surface area contributed by atoms with E-state index in [1.165, 1.54) is 22.5 Å². The van der Waals surface area contributed by atoms with Gasteiger partial charge in [0.15, 0.2) is 0 Å². The number of para-hydroxylation sites is 3. The maximum atomic E-state index is 4.59. The van der Waals surface area contributed by atoms with Gasteiger partial charge in [0.05, 0.1) is 17.1 Å². The lowest BCUT2D eigenvalue weighted by molar-refractivity contribution is 0.999. The minimum Gasteiger partial charge on any atom is -0.339 e. The Morgan fingerprint density at radius 3 is 2.83 bits per heavy atom. The lowest BCUT2D eigenvalue weighted by Gasteiger charge is -2.20. The summed E-state index contributed by atoms with van der Waals surface area (Å²) in [6, 6.07) is 14.9. The van der Waals surface area contributed by atoms with Crippen LogP contribution in [0.15, 0.2) is 47.5 Å². The fourth-order valence-corrected chi connectivity index (χ4v) is 2.77. The molecular weight excluding hydrogens is 244 g/mol. The van der Waals surface area contributed by atoms with Crippen molar-refractivity contribution in [1.82, 2.24) is 0 Å². The maximum absolute atomic E-state index is 4.59. The van der Waals surface area contributed by atoms with Gasteiger partial charge in [0.25, 0.3) is 0 Å². The Morgan fingerprint density at radius 2 is 1.89 bits per heavy atom. The molecule has 0 bridgehead atoms. The summed E-state index contributed by atoms with van der Waals surface area (Å²) in [5, 5.41) is 0. The molecule has 2 aromatic carbocycles. The molecule has 2 aromatic rings. The van der Waals surface area contributed by atoms with E-state index in [0.717, 1.165) is 18.7 Å². The molecule has 3 heteroatoms. The molecule has 0 aliphatic carbocycles. The number of aliphatic imine (C=N–C) groups is 1. The number of nitrogens with zero attached hydrogens (tertiary/aromatic N) is 2. The predicted octanol–water partition coefficient (Wildman–Crippen LogP) is 3.87. The lowest BCUT2D eigenvalue weighted by atomic mass is 10.1. The molecular formula is C15H13ClN2. The Bertz CT molecular complexity index is 634. The standard InChI is InChI=1S/C15H12N2.ClH/c1-2-7-14-13(6-1)16-10-12-5-3-4-11-8-9-17(14)15(11)12;/h1-7,10H,8-9H2;1H. The molecule has 0 atom stereocenters. The first-order valence-electron chi connectivity index (χ1n) is 5.96. The van der Waals surface area contributed by atoms with E-state index in [9.17, 15) is 0 Å². The Hall–Kier alpha value is -1.80. The SMILES string of the molecule is C1=Nc2ccccc2N2CCc3cccc1c32.Cl. The Morgan fingerprint density at radius 1 is 1.00 bits per heavy atom. The second kappa shape index (κ2) is 4.14. The van der Waals surface area contributed by atoms with Crippen molar-refractivity contribution in [3.05, 3.63) is 53.6 Å². The number of hydrogen-bond acceptors (Lipinski definition) is 2. The van der Waals surface area contributed by atoms with E-state index < -0.39 is 0 Å². The van der Waals surface area contributed by atoms with Crippen molar-refractivity contribution in [3.63, 3.8) is 0 Å². The van der Waals surface area contributed by atoms with Crippen molar-refractivity contribution >= 4 is 35.7 Å². The number of benzene rings is 2. The van der Waals surface area contributed by atoms with Crippen LogP contribution in [0, 0.1) is 0 Å². The average Bonchev–Trinajstić information content (AvgIpc) is 2.73. The number of hydrogen-bond donors (Lipinski definition) is 0. The molecule has 2 nitrogen and oxygen atoms in total. The third kappa shape index (κ3) is 1.46. The van der Waals surface area contributed by atoms with E-state index in [2.05, 4.69) is 46.3 Å². The summed E-state index contributed by atoms with van der Waals surface area (Å²) in [4.78, 5) is 6.98. The summed E-state index contributed by atoms with van der Waals surface area (Å²) in [5.41, 5.74) is 6.31. The molecule has 0 aromatic heterocycles. The number of rotatable bonds is 0. The molecule has 0 unspecified atom stereocenters. The zero-order chi connectivity index (χ0) is 11.2. The number of anilines is 2. The van der Waals surface area contributed by atoms with Crippen LogP contribution < -0.4 is 4.90 Å². The molecule has 0 N–H and O–H groups in total. The molecule has 18 heavy (non-hydrogen) atoms. The maximum Gasteiger partial charge on any atom is 0.0866 e. The number of halogens is 1. The molecule has 0 fully saturated rings. The first-order chi connectivity index (χ1) is 8.43. The smallest absolute Gasteiger partial charge is 0.0866 e. The van der Waals surface area contributed by atoms with E-state index in [0.29, 0.717) is 0 Å². The monoisotopic (exact) mass is 256 g/mol. The van der Waals surface area contributed by atoms with Gasteiger partial charge in [-0.2, -0.15) is 0 Å². The molecule has 90 valence electrons. The molecule has 0 saturated carbocycles. The van der Waals surface area contributed by atoms with Crippen LogP contribution >= 0.6 is 12.4 Å². The van der Waals surface area contributed by atoms with Crippen molar-refractivity contribution in [3.8, 4) is 0 Å². The van der Waals surface area contributed by atoms with Crippen LogP contribution in [-0.2, 0) is 6.42 Å². The van der Waals surface area contributed by atoms with E-state index >= 15 is 0 Å². The van der Waals surface area contributed by atoms with Gasteiger partial charge in [0, 0.05) is 18.3 Å². The van der Waals surface area contributed by atoms with Gasteiger partial charge in [-0.05, 0) is 24.1 Å². The third-order valence-corrected chi connectivity index (χ3v) is 3.54. The van der Waals surface area contributed by atoms with E-state index in [1.54, 1.807) is 0 Å². The molecule has 2 aliphatic heterocycles. The molecule has 0 spiro atoms. The Balaban J connectivity index is 0.000001000. The molecule has 2 heterocycles. The zero-order valence-electron chi connectivity index (χ0n) is 9.84. The van der Waals surface area contributed by atoms with Crippen LogP contribution in [0.2, 0.25) is 0 Å². The quantitative estimate of drug-likeness (QED) is 0.699. The highest BCUT2D eigenvalue weighted by Crippen LogP contribution is 2.42. The summed E-state index contributed by atoms with van der Waals surface area (Å²) in [7, 11) is 0. The van der Waals surface area contributed by atoms with Crippen LogP contribution in [0.5, 0.6) is 0 Å². The fraction of sp³-hybridized carbons (Fsp3) is 0.133. The predicted molar refractivity (Wildman–Crippen MR) is 78.1 cm³/mol. The van der Waals surface area contributed by atoms with Gasteiger partial charge in [0.1, 0.15) is 0 Å². The highest BCUT2D eigenvalue weighted by molar-refractivity contribution is 5.97. The van der Waals surface area contributed by atoms with E-state index in [-0.39, 0.29) is 12.4 Å². The largest absolute Gasteiger partial charge is 0.339 e. The minimum atomic E-state index is 0. The first kappa shape index (κ1) is 11.3. The second-order valence-electron chi connectivity index (χ2n) is 4.50. The normalized spacial score (nSPS) is 14.6. The lowest BCUT2D eigenvalue weighted by Crippen LogP contribution is -2.13. The van der Waals surface area contributed by atoms with Crippen molar-refractivity contribution in [2.24, 2.45) is 4.99 Å². The summed E-state index contributed by atoms with van der Waals surface area (Å²) >= 11 is 0. The van der Waals surface area contributed by atoms with Crippen molar-refractivity contribution in [1.29, 1.82) is 0 Å². The molecule has 0 saturated heterocycles. The van der Waals surface area contributed by atoms with Crippen LogP contribution in [0.1, 0.15) is 11.1 Å². The number of fused-ring (bicyclic) bond motifs is 2. The summed E-state index contributed by atoms with van der Waals surface area (Å²) in [6.07, 6.45) is 3.12. The third-order valence-electron chi connectivity index (χ3n) is 3.54. The van der Waals surface area contributed by atoms with Crippen LogP contribution in [0.25, 0.3) is 0 Å². The van der Waals surface area contributed by atoms with Gasteiger partial charge in [-0.3, -0.25) is 4.99 Å². The van der Waals surface area contributed by atoms with E-state index in [4.69, 9.17) is 0 Å². The second-order valence-corrected chi connectivity index (χ2v) is 4.50. The summed E-state index contributed by atoms with van der Waals surface area (Å²) < 4.78 is 0. The zero-order valence-corrected chi connectivity index (χ0v) is 10.7. The highest BCUT2D eigenvalue weighted by Gasteiger charge is 2.25. The summed E-state index contributed by atoms with van der Waals surface area (Å²) in [6.45, 7) is 1.06. The summed E-state index contributed by atoms with van der Waals surface area (Å²) in [5.74, 6) is 0. The molecule has 0 radical (unpaired) electrons. The van der Waals surface area contributed by atoms with Gasteiger partial charge in [-0.25, -0.2) is 0 Å². The van der Waals surface area contributed by atoms with Gasteiger partial charge < -0.3 is 4.90 Å². The van der Waals surface area contributed by atoms with Crippen molar-refractivity contribution < 1.29 is 0 Å². The van der Waals surface area contributed by atoms with Gasteiger partial charge in [-0.15, -0.1) is 12.4 Å². The van der Waals surface area contributed by atoms with Gasteiger partial charge in [0.2, 0.25) is 0 Å². The average molecular weight is 257 g/mol. The Labute approximate surface area is 112 Å². The van der Waals surface area contributed by atoms with Crippen LogP contribution in [0.3, 0.4) is 0 Å². The first-order valence-corrected chi connectivity index (χ1v) is 5.96. The van der Waals surface area contributed by atoms with Crippen LogP contribution in [0.4, 0.5) is 17.1 Å². The highest BCUT2D eigenvalue weighted by atomic mass is 35.5. The molecule has 2 aliphatic rings. The topological polar surface area (TPSA) is 15.6 Å². The molecule has 4 rings (SSSR count). The van der Waals surface area contributed by atoms with Gasteiger partial charge in [-0.1, -0.05) is 30.3 Å². The van der Waals surface area contributed by atoms with Gasteiger partial charge >= 0.3 is 0 Å². The molecule has 0 amide bonds.